The Labute approximate surface area is 185 Å². The molecule has 1 N–H and O–H groups in total. The number of hydrogen-bond donors (Lipinski definition) is 1. The van der Waals surface area contributed by atoms with Gasteiger partial charge in [-0.2, -0.15) is 0 Å². The molecule has 1 amide bonds. The molecule has 156 valence electrons. The van der Waals surface area contributed by atoms with Gasteiger partial charge in [0.2, 0.25) is 10.0 Å². The van der Waals surface area contributed by atoms with Crippen molar-refractivity contribution < 1.29 is 13.2 Å². The lowest BCUT2D eigenvalue weighted by atomic mass is 10.1. The Kier molecular flexibility index (Phi) is 6.24. The van der Waals surface area contributed by atoms with E-state index < -0.39 is 10.0 Å². The highest BCUT2D eigenvalue weighted by Crippen LogP contribution is 2.36. The van der Waals surface area contributed by atoms with Crippen molar-refractivity contribution >= 4 is 38.9 Å². The number of carbonyl (C=O) groups is 1. The number of hydrogen-bond acceptors (Lipinski definition) is 4. The number of nitrogens with one attached hydrogen (secondary N) is 1. The average molecular weight is 461 g/mol. The fourth-order valence-corrected chi connectivity index (χ4v) is 6.06. The zero-order valence-corrected chi connectivity index (χ0v) is 18.5. The molecule has 0 saturated carbocycles. The van der Waals surface area contributed by atoms with Crippen LogP contribution in [0.15, 0.2) is 70.9 Å². The highest BCUT2D eigenvalue weighted by Gasteiger charge is 2.32. The van der Waals surface area contributed by atoms with Crippen molar-refractivity contribution in [2.45, 2.75) is 30.3 Å². The van der Waals surface area contributed by atoms with Gasteiger partial charge < -0.3 is 4.90 Å². The third-order valence-corrected chi connectivity index (χ3v) is 8.02. The van der Waals surface area contributed by atoms with Crippen molar-refractivity contribution in [1.29, 1.82) is 0 Å². The van der Waals surface area contributed by atoms with E-state index in [1.165, 1.54) is 12.1 Å². The maximum absolute atomic E-state index is 13.2. The Morgan fingerprint density at radius 3 is 2.67 bits per heavy atom. The molecule has 1 saturated heterocycles. The van der Waals surface area contributed by atoms with Crippen molar-refractivity contribution in [3.63, 3.8) is 0 Å². The molecule has 1 aliphatic rings. The summed E-state index contributed by atoms with van der Waals surface area (Å²) in [6.07, 6.45) is 1.83. The van der Waals surface area contributed by atoms with Gasteiger partial charge in [-0.3, -0.25) is 4.79 Å². The first kappa shape index (κ1) is 21.1. The number of benzene rings is 2. The first-order chi connectivity index (χ1) is 14.5. The summed E-state index contributed by atoms with van der Waals surface area (Å²) >= 11 is 7.82. The lowest BCUT2D eigenvalue weighted by molar-refractivity contribution is 0.0737. The van der Waals surface area contributed by atoms with Crippen molar-refractivity contribution in [3.05, 3.63) is 87.1 Å². The third kappa shape index (κ3) is 4.44. The highest BCUT2D eigenvalue weighted by atomic mass is 35.5. The van der Waals surface area contributed by atoms with E-state index in [0.29, 0.717) is 12.1 Å². The summed E-state index contributed by atoms with van der Waals surface area (Å²) in [4.78, 5) is 16.1. The lowest BCUT2D eigenvalue weighted by Gasteiger charge is -2.24. The van der Waals surface area contributed by atoms with Gasteiger partial charge >= 0.3 is 0 Å². The second-order valence-electron chi connectivity index (χ2n) is 7.13. The topological polar surface area (TPSA) is 66.5 Å². The van der Waals surface area contributed by atoms with Gasteiger partial charge in [0, 0.05) is 23.5 Å². The van der Waals surface area contributed by atoms with Gasteiger partial charge in [0.1, 0.15) is 4.90 Å². The van der Waals surface area contributed by atoms with E-state index in [2.05, 4.69) is 4.72 Å². The molecule has 4 rings (SSSR count). The van der Waals surface area contributed by atoms with Crippen LogP contribution >= 0.6 is 22.9 Å². The van der Waals surface area contributed by atoms with Crippen LogP contribution in [0.2, 0.25) is 5.02 Å². The summed E-state index contributed by atoms with van der Waals surface area (Å²) in [5, 5.41) is 2.09. The van der Waals surface area contributed by atoms with Crippen molar-refractivity contribution in [1.82, 2.24) is 9.62 Å². The molecule has 2 heterocycles. The predicted molar refractivity (Wildman–Crippen MR) is 119 cm³/mol. The second-order valence-corrected chi connectivity index (χ2v) is 10.2. The van der Waals surface area contributed by atoms with E-state index in [0.717, 1.165) is 23.3 Å². The first-order valence-corrected chi connectivity index (χ1v) is 12.4. The van der Waals surface area contributed by atoms with Gasteiger partial charge in [-0.1, -0.05) is 48.0 Å². The number of halogens is 1. The standard InChI is InChI=1S/C22H21ClN2O3S2/c23-18-11-10-17(22(26)25-12-4-8-19(25)20-9-5-13-29-20)14-21(18)30(27,28)24-15-16-6-2-1-3-7-16/h1-3,5-7,9-11,13-14,19,24H,4,8,12,15H2. The lowest BCUT2D eigenvalue weighted by Crippen LogP contribution is -2.30. The molecule has 1 atom stereocenters. The van der Waals surface area contributed by atoms with Crippen LogP contribution in [0.5, 0.6) is 0 Å². The average Bonchev–Trinajstić information content (AvgIpc) is 3.44. The number of likely N-dealkylation sites (tertiary alicyclic amines) is 1. The summed E-state index contributed by atoms with van der Waals surface area (Å²) in [7, 11) is -3.88. The normalized spacial score (nSPS) is 16.7. The molecule has 2 aromatic carbocycles. The molecular weight excluding hydrogens is 440 g/mol. The Balaban J connectivity index is 1.57. The molecule has 0 aliphatic carbocycles. The number of rotatable bonds is 6. The van der Waals surface area contributed by atoms with Crippen LogP contribution in [0, 0.1) is 0 Å². The first-order valence-electron chi connectivity index (χ1n) is 9.63. The fraction of sp³-hybridized carbons (Fsp3) is 0.227. The van der Waals surface area contributed by atoms with E-state index in [1.807, 2.05) is 52.7 Å². The quantitative estimate of drug-likeness (QED) is 0.571. The molecule has 30 heavy (non-hydrogen) atoms. The summed E-state index contributed by atoms with van der Waals surface area (Å²) in [6.45, 7) is 0.794. The van der Waals surface area contributed by atoms with Crippen molar-refractivity contribution in [2.24, 2.45) is 0 Å². The molecule has 1 fully saturated rings. The third-order valence-electron chi connectivity index (χ3n) is 5.16. The minimum Gasteiger partial charge on any atom is -0.331 e. The molecular formula is C22H21ClN2O3S2. The maximum atomic E-state index is 13.2. The summed E-state index contributed by atoms with van der Waals surface area (Å²) in [5.74, 6) is -0.179. The molecule has 5 nitrogen and oxygen atoms in total. The molecule has 0 radical (unpaired) electrons. The second kappa shape index (κ2) is 8.89. The van der Waals surface area contributed by atoms with Crippen LogP contribution in [0.1, 0.15) is 39.7 Å². The van der Waals surface area contributed by atoms with Crippen LogP contribution in [0.3, 0.4) is 0 Å². The van der Waals surface area contributed by atoms with Crippen LogP contribution in [-0.4, -0.2) is 25.8 Å². The number of amides is 1. The molecule has 0 bridgehead atoms. The van der Waals surface area contributed by atoms with E-state index in [-0.39, 0.29) is 28.4 Å². The molecule has 1 aliphatic heterocycles. The monoisotopic (exact) mass is 460 g/mol. The summed E-state index contributed by atoms with van der Waals surface area (Å²) in [5.41, 5.74) is 1.16. The van der Waals surface area contributed by atoms with Crippen LogP contribution in [0.4, 0.5) is 0 Å². The number of thiophene rings is 1. The number of sulfonamides is 1. The largest absolute Gasteiger partial charge is 0.331 e. The molecule has 0 spiro atoms. The van der Waals surface area contributed by atoms with Gasteiger partial charge in [-0.15, -0.1) is 11.3 Å². The molecule has 3 aromatic rings. The number of nitrogens with zero attached hydrogens (tertiary/aromatic N) is 1. The smallest absolute Gasteiger partial charge is 0.254 e. The van der Waals surface area contributed by atoms with Gasteiger partial charge in [-0.25, -0.2) is 13.1 Å². The van der Waals surface area contributed by atoms with E-state index >= 15 is 0 Å². The fourth-order valence-electron chi connectivity index (χ4n) is 3.65. The van der Waals surface area contributed by atoms with E-state index in [1.54, 1.807) is 17.4 Å². The summed E-state index contributed by atoms with van der Waals surface area (Å²) < 4.78 is 28.3. The summed E-state index contributed by atoms with van der Waals surface area (Å²) in [6, 6.07) is 17.7. The Bertz CT molecular complexity index is 1130. The van der Waals surface area contributed by atoms with Gasteiger partial charge in [-0.05, 0) is 48.1 Å². The minimum atomic E-state index is -3.88. The van der Waals surface area contributed by atoms with Crippen LogP contribution in [0.25, 0.3) is 0 Å². The molecule has 1 aromatic heterocycles. The van der Waals surface area contributed by atoms with Crippen molar-refractivity contribution in [3.8, 4) is 0 Å². The zero-order valence-electron chi connectivity index (χ0n) is 16.1. The molecule has 1 unspecified atom stereocenters. The highest BCUT2D eigenvalue weighted by molar-refractivity contribution is 7.89. The molecule has 8 heteroatoms. The van der Waals surface area contributed by atoms with E-state index in [9.17, 15) is 13.2 Å². The number of carbonyl (C=O) groups excluding carboxylic acids is 1. The zero-order chi connectivity index (χ0) is 21.1. The van der Waals surface area contributed by atoms with Gasteiger partial charge in [0.05, 0.1) is 11.1 Å². The van der Waals surface area contributed by atoms with Crippen molar-refractivity contribution in [2.75, 3.05) is 6.54 Å². The predicted octanol–water partition coefficient (Wildman–Crippen LogP) is 4.86. The van der Waals surface area contributed by atoms with E-state index in [4.69, 9.17) is 11.6 Å². The maximum Gasteiger partial charge on any atom is 0.254 e. The Morgan fingerprint density at radius 2 is 1.93 bits per heavy atom. The SMILES string of the molecule is O=C(c1ccc(Cl)c(S(=O)(=O)NCc2ccccc2)c1)N1CCCC1c1cccs1. The van der Waals surface area contributed by atoms with Crippen LogP contribution in [-0.2, 0) is 16.6 Å². The van der Waals surface area contributed by atoms with Gasteiger partial charge in [0.15, 0.2) is 0 Å². The minimum absolute atomic E-state index is 0.0319. The Morgan fingerprint density at radius 1 is 1.13 bits per heavy atom. The van der Waals surface area contributed by atoms with Crippen LogP contribution < -0.4 is 4.72 Å². The Hall–Kier alpha value is -2.19. The van der Waals surface area contributed by atoms with Gasteiger partial charge in [0.25, 0.3) is 5.91 Å².